The minimum atomic E-state index is 0.397. The predicted octanol–water partition coefficient (Wildman–Crippen LogP) is 2.30. The van der Waals surface area contributed by atoms with E-state index in [1.807, 2.05) is 6.07 Å². The summed E-state index contributed by atoms with van der Waals surface area (Å²) >= 11 is 6.18. The standard InChI is InChI=1S/C12H18ClN3/c1-9-3-2-6-16(12(9)7-14)11-4-5-15-8-10(11)13/h4-5,8-9,12H,2-3,6-7,14H2,1H3. The van der Waals surface area contributed by atoms with Gasteiger partial charge < -0.3 is 10.6 Å². The van der Waals surface area contributed by atoms with Gasteiger partial charge in [0.25, 0.3) is 0 Å². The summed E-state index contributed by atoms with van der Waals surface area (Å²) in [5, 5.41) is 0.718. The summed E-state index contributed by atoms with van der Waals surface area (Å²) in [5.74, 6) is 0.628. The van der Waals surface area contributed by atoms with Gasteiger partial charge in [0.2, 0.25) is 0 Å². The first kappa shape index (κ1) is 11.7. The van der Waals surface area contributed by atoms with Crippen LogP contribution in [-0.4, -0.2) is 24.1 Å². The summed E-state index contributed by atoms with van der Waals surface area (Å²) in [7, 11) is 0. The lowest BCUT2D eigenvalue weighted by molar-refractivity contribution is 0.350. The van der Waals surface area contributed by atoms with Crippen LogP contribution in [0.3, 0.4) is 0 Å². The lowest BCUT2D eigenvalue weighted by Crippen LogP contribution is -2.48. The third-order valence-corrected chi connectivity index (χ3v) is 3.71. The van der Waals surface area contributed by atoms with Crippen molar-refractivity contribution < 1.29 is 0 Å². The van der Waals surface area contributed by atoms with Crippen molar-refractivity contribution in [2.24, 2.45) is 11.7 Å². The molecule has 16 heavy (non-hydrogen) atoms. The van der Waals surface area contributed by atoms with Crippen molar-refractivity contribution in [3.05, 3.63) is 23.5 Å². The molecule has 1 fully saturated rings. The molecule has 1 aromatic rings. The lowest BCUT2D eigenvalue weighted by Gasteiger charge is -2.41. The molecule has 0 aromatic carbocycles. The monoisotopic (exact) mass is 239 g/mol. The number of anilines is 1. The molecule has 1 aliphatic rings. The highest BCUT2D eigenvalue weighted by Gasteiger charge is 2.28. The molecule has 2 N–H and O–H groups in total. The molecular formula is C12H18ClN3. The molecule has 0 radical (unpaired) electrons. The van der Waals surface area contributed by atoms with Crippen LogP contribution in [0.2, 0.25) is 5.02 Å². The Hall–Kier alpha value is -0.800. The minimum absolute atomic E-state index is 0.397. The van der Waals surface area contributed by atoms with Crippen LogP contribution in [-0.2, 0) is 0 Å². The van der Waals surface area contributed by atoms with Crippen molar-refractivity contribution in [2.75, 3.05) is 18.0 Å². The van der Waals surface area contributed by atoms with Crippen molar-refractivity contribution in [2.45, 2.75) is 25.8 Å². The Bertz CT molecular complexity index is 356. The van der Waals surface area contributed by atoms with Gasteiger partial charge in [0.1, 0.15) is 0 Å². The summed E-state index contributed by atoms with van der Waals surface area (Å²) in [6.45, 7) is 3.98. The fourth-order valence-electron chi connectivity index (χ4n) is 2.51. The average Bonchev–Trinajstić information content (AvgIpc) is 2.29. The van der Waals surface area contributed by atoms with Crippen molar-refractivity contribution in [3.8, 4) is 0 Å². The van der Waals surface area contributed by atoms with E-state index in [0.717, 1.165) is 17.3 Å². The lowest BCUT2D eigenvalue weighted by atomic mass is 9.90. The first-order chi connectivity index (χ1) is 7.74. The second kappa shape index (κ2) is 5.02. The SMILES string of the molecule is CC1CCCN(c2ccncc2Cl)C1CN. The molecule has 2 atom stereocenters. The molecule has 0 amide bonds. The van der Waals surface area contributed by atoms with E-state index in [1.165, 1.54) is 12.8 Å². The molecule has 1 aliphatic heterocycles. The zero-order valence-electron chi connectivity index (χ0n) is 9.56. The number of pyridine rings is 1. The first-order valence-electron chi connectivity index (χ1n) is 5.80. The van der Waals surface area contributed by atoms with E-state index in [9.17, 15) is 0 Å². The Morgan fingerprint density at radius 1 is 1.62 bits per heavy atom. The van der Waals surface area contributed by atoms with Gasteiger partial charge >= 0.3 is 0 Å². The van der Waals surface area contributed by atoms with Crippen LogP contribution in [0.25, 0.3) is 0 Å². The van der Waals surface area contributed by atoms with E-state index in [-0.39, 0.29) is 0 Å². The molecule has 1 aromatic heterocycles. The van der Waals surface area contributed by atoms with E-state index in [4.69, 9.17) is 17.3 Å². The maximum Gasteiger partial charge on any atom is 0.0822 e. The summed E-state index contributed by atoms with van der Waals surface area (Å²) in [5.41, 5.74) is 6.94. The predicted molar refractivity (Wildman–Crippen MR) is 67.8 cm³/mol. The number of halogens is 1. The van der Waals surface area contributed by atoms with Crippen molar-refractivity contribution >= 4 is 17.3 Å². The highest BCUT2D eigenvalue weighted by molar-refractivity contribution is 6.33. The Balaban J connectivity index is 2.28. The molecule has 2 rings (SSSR count). The molecule has 3 nitrogen and oxygen atoms in total. The molecule has 0 bridgehead atoms. The molecular weight excluding hydrogens is 222 g/mol. The Morgan fingerprint density at radius 3 is 3.12 bits per heavy atom. The highest BCUT2D eigenvalue weighted by atomic mass is 35.5. The van der Waals surface area contributed by atoms with Gasteiger partial charge in [0, 0.05) is 31.5 Å². The van der Waals surface area contributed by atoms with Gasteiger partial charge in [-0.05, 0) is 24.8 Å². The van der Waals surface area contributed by atoms with Crippen LogP contribution in [0.5, 0.6) is 0 Å². The van der Waals surface area contributed by atoms with Gasteiger partial charge in [0.15, 0.2) is 0 Å². The number of nitrogens with zero attached hydrogens (tertiary/aromatic N) is 2. The van der Waals surface area contributed by atoms with Gasteiger partial charge in [-0.25, -0.2) is 0 Å². The Kier molecular flexibility index (Phi) is 3.66. The number of aromatic nitrogens is 1. The third-order valence-electron chi connectivity index (χ3n) is 3.42. The van der Waals surface area contributed by atoms with Crippen LogP contribution in [0, 0.1) is 5.92 Å². The fraction of sp³-hybridized carbons (Fsp3) is 0.583. The van der Waals surface area contributed by atoms with Crippen molar-refractivity contribution in [3.63, 3.8) is 0 Å². The largest absolute Gasteiger partial charge is 0.366 e. The number of piperidine rings is 1. The Morgan fingerprint density at radius 2 is 2.44 bits per heavy atom. The molecule has 0 spiro atoms. The fourth-order valence-corrected chi connectivity index (χ4v) is 2.74. The van der Waals surface area contributed by atoms with Gasteiger partial charge in [-0.3, -0.25) is 4.98 Å². The molecule has 88 valence electrons. The number of hydrogen-bond acceptors (Lipinski definition) is 3. The number of hydrogen-bond donors (Lipinski definition) is 1. The van der Waals surface area contributed by atoms with Crippen LogP contribution in [0.4, 0.5) is 5.69 Å². The van der Waals surface area contributed by atoms with Gasteiger partial charge in [-0.1, -0.05) is 18.5 Å². The zero-order valence-corrected chi connectivity index (χ0v) is 10.3. The van der Waals surface area contributed by atoms with Crippen LogP contribution in [0.15, 0.2) is 18.5 Å². The quantitative estimate of drug-likeness (QED) is 0.861. The number of nitrogens with two attached hydrogens (primary N) is 1. The molecule has 2 unspecified atom stereocenters. The van der Waals surface area contributed by atoms with Crippen LogP contribution < -0.4 is 10.6 Å². The van der Waals surface area contributed by atoms with E-state index in [2.05, 4.69) is 16.8 Å². The molecule has 0 aliphatic carbocycles. The average molecular weight is 240 g/mol. The molecule has 0 saturated carbocycles. The highest BCUT2D eigenvalue weighted by Crippen LogP contribution is 2.32. The van der Waals surface area contributed by atoms with Crippen molar-refractivity contribution in [1.82, 2.24) is 4.98 Å². The summed E-state index contributed by atoms with van der Waals surface area (Å²) in [4.78, 5) is 6.35. The third kappa shape index (κ3) is 2.15. The maximum atomic E-state index is 6.18. The van der Waals surface area contributed by atoms with Gasteiger partial charge in [-0.2, -0.15) is 0 Å². The summed E-state index contributed by atoms with van der Waals surface area (Å²) < 4.78 is 0. The first-order valence-corrected chi connectivity index (χ1v) is 6.18. The van der Waals surface area contributed by atoms with Crippen LogP contribution >= 0.6 is 11.6 Å². The van der Waals surface area contributed by atoms with E-state index >= 15 is 0 Å². The molecule has 2 heterocycles. The Labute approximate surface area is 102 Å². The maximum absolute atomic E-state index is 6.18. The van der Waals surface area contributed by atoms with E-state index < -0.39 is 0 Å². The number of rotatable bonds is 2. The van der Waals surface area contributed by atoms with E-state index in [0.29, 0.717) is 18.5 Å². The second-order valence-corrected chi connectivity index (χ2v) is 4.85. The summed E-state index contributed by atoms with van der Waals surface area (Å²) in [6.07, 6.45) is 5.94. The molecule has 1 saturated heterocycles. The summed E-state index contributed by atoms with van der Waals surface area (Å²) in [6, 6.07) is 2.37. The molecule has 4 heteroatoms. The normalized spacial score (nSPS) is 25.8. The van der Waals surface area contributed by atoms with Crippen molar-refractivity contribution in [1.29, 1.82) is 0 Å². The van der Waals surface area contributed by atoms with E-state index in [1.54, 1.807) is 12.4 Å². The smallest absolute Gasteiger partial charge is 0.0822 e. The zero-order chi connectivity index (χ0) is 11.5. The minimum Gasteiger partial charge on any atom is -0.366 e. The second-order valence-electron chi connectivity index (χ2n) is 4.44. The topological polar surface area (TPSA) is 42.2 Å². The van der Waals surface area contributed by atoms with Crippen LogP contribution in [0.1, 0.15) is 19.8 Å². The van der Waals surface area contributed by atoms with Gasteiger partial charge in [-0.15, -0.1) is 0 Å². The van der Waals surface area contributed by atoms with Gasteiger partial charge in [0.05, 0.1) is 10.7 Å².